The third-order valence-electron chi connectivity index (χ3n) is 5.51. The molecule has 3 amide bonds. The number of amides is 3. The van der Waals surface area contributed by atoms with Gasteiger partial charge in [0.1, 0.15) is 11.2 Å². The lowest BCUT2D eigenvalue weighted by Crippen LogP contribution is -2.63. The predicted octanol–water partition coefficient (Wildman–Crippen LogP) is 0.162. The van der Waals surface area contributed by atoms with E-state index in [2.05, 4.69) is 15.7 Å². The Morgan fingerprint density at radius 2 is 2.07 bits per heavy atom. The number of nitrogens with zero attached hydrogens (tertiary/aromatic N) is 3. The van der Waals surface area contributed by atoms with Crippen molar-refractivity contribution in [1.29, 1.82) is 0 Å². The standard InChI is InChI=1S/C18H27N5O4/c1-18(17(26)20-12-6-4-5-7-12)11-23-14(16(25)22(18)2)10-13(21-23)15(24)19-8-9-27-3/h10,12H,4-9,11H2,1-3H3,(H,19,24)(H,20,26)/t18-/m0/s1. The molecule has 1 aliphatic carbocycles. The van der Waals surface area contributed by atoms with Gasteiger partial charge in [0.25, 0.3) is 11.8 Å². The van der Waals surface area contributed by atoms with Gasteiger partial charge in [-0.1, -0.05) is 12.8 Å². The monoisotopic (exact) mass is 377 g/mol. The summed E-state index contributed by atoms with van der Waals surface area (Å²) in [4.78, 5) is 39.4. The van der Waals surface area contributed by atoms with Crippen molar-refractivity contribution in [2.24, 2.45) is 0 Å². The molecule has 1 fully saturated rings. The molecule has 0 radical (unpaired) electrons. The summed E-state index contributed by atoms with van der Waals surface area (Å²) in [5, 5.41) is 10.0. The smallest absolute Gasteiger partial charge is 0.272 e. The first-order valence-corrected chi connectivity index (χ1v) is 9.31. The van der Waals surface area contributed by atoms with E-state index in [-0.39, 0.29) is 36.0 Å². The quantitative estimate of drug-likeness (QED) is 0.687. The van der Waals surface area contributed by atoms with Gasteiger partial charge in [-0.2, -0.15) is 5.10 Å². The maximum atomic E-state index is 12.9. The number of hydrogen-bond donors (Lipinski definition) is 2. The number of hydrogen-bond acceptors (Lipinski definition) is 5. The molecule has 3 rings (SSSR count). The Bertz CT molecular complexity index is 740. The molecule has 27 heavy (non-hydrogen) atoms. The molecule has 0 saturated heterocycles. The second-order valence-electron chi connectivity index (χ2n) is 7.41. The van der Waals surface area contributed by atoms with Gasteiger partial charge in [-0.3, -0.25) is 19.1 Å². The summed E-state index contributed by atoms with van der Waals surface area (Å²) in [6.45, 7) is 2.68. The Balaban J connectivity index is 1.78. The van der Waals surface area contributed by atoms with Crippen LogP contribution in [-0.2, 0) is 16.1 Å². The SMILES string of the molecule is COCCNC(=O)c1cc2n(n1)C[C@@](C)(C(=O)NC1CCCC1)N(C)C2=O. The van der Waals surface area contributed by atoms with Crippen molar-refractivity contribution < 1.29 is 19.1 Å². The van der Waals surface area contributed by atoms with Gasteiger partial charge in [0, 0.05) is 32.8 Å². The Morgan fingerprint density at radius 1 is 1.37 bits per heavy atom. The van der Waals surface area contributed by atoms with E-state index in [4.69, 9.17) is 4.74 Å². The normalized spacial score (nSPS) is 22.6. The van der Waals surface area contributed by atoms with Crippen molar-refractivity contribution in [2.45, 2.75) is 50.7 Å². The van der Waals surface area contributed by atoms with Crippen LogP contribution in [0.15, 0.2) is 6.07 Å². The fraction of sp³-hybridized carbons (Fsp3) is 0.667. The fourth-order valence-electron chi connectivity index (χ4n) is 3.61. The minimum Gasteiger partial charge on any atom is -0.383 e. The largest absolute Gasteiger partial charge is 0.383 e. The van der Waals surface area contributed by atoms with E-state index in [1.807, 2.05) is 0 Å². The molecule has 1 aliphatic heterocycles. The highest BCUT2D eigenvalue weighted by atomic mass is 16.5. The van der Waals surface area contributed by atoms with Crippen LogP contribution in [0.1, 0.15) is 53.6 Å². The number of aromatic nitrogens is 2. The third kappa shape index (κ3) is 3.69. The molecule has 0 unspecified atom stereocenters. The van der Waals surface area contributed by atoms with Crippen LogP contribution in [0.3, 0.4) is 0 Å². The maximum Gasteiger partial charge on any atom is 0.272 e. The molecule has 0 aromatic carbocycles. The molecule has 148 valence electrons. The summed E-state index contributed by atoms with van der Waals surface area (Å²) in [5.74, 6) is -0.882. The molecule has 1 aromatic rings. The maximum absolute atomic E-state index is 12.9. The Morgan fingerprint density at radius 3 is 2.74 bits per heavy atom. The van der Waals surface area contributed by atoms with Crippen LogP contribution in [0.2, 0.25) is 0 Å². The Kier molecular flexibility index (Phi) is 5.50. The molecule has 0 bridgehead atoms. The van der Waals surface area contributed by atoms with Crippen LogP contribution >= 0.6 is 0 Å². The van der Waals surface area contributed by atoms with Crippen LogP contribution in [-0.4, -0.2) is 71.3 Å². The van der Waals surface area contributed by atoms with Gasteiger partial charge in [0.15, 0.2) is 5.69 Å². The van der Waals surface area contributed by atoms with Gasteiger partial charge in [-0.05, 0) is 19.8 Å². The summed E-state index contributed by atoms with van der Waals surface area (Å²) >= 11 is 0. The molecule has 9 nitrogen and oxygen atoms in total. The lowest BCUT2D eigenvalue weighted by molar-refractivity contribution is -0.133. The minimum atomic E-state index is -1.05. The molecule has 1 aromatic heterocycles. The molecule has 1 atom stereocenters. The zero-order valence-electron chi connectivity index (χ0n) is 16.1. The Hall–Kier alpha value is -2.42. The summed E-state index contributed by atoms with van der Waals surface area (Å²) < 4.78 is 6.36. The fourth-order valence-corrected chi connectivity index (χ4v) is 3.61. The molecular weight excluding hydrogens is 350 g/mol. The van der Waals surface area contributed by atoms with Gasteiger partial charge in [-0.15, -0.1) is 0 Å². The lowest BCUT2D eigenvalue weighted by Gasteiger charge is -2.41. The van der Waals surface area contributed by atoms with Crippen molar-refractivity contribution >= 4 is 17.7 Å². The summed E-state index contributed by atoms with van der Waals surface area (Å²) in [6, 6.07) is 1.63. The number of carbonyl (C=O) groups is 3. The number of carbonyl (C=O) groups excluding carboxylic acids is 3. The number of nitrogens with one attached hydrogen (secondary N) is 2. The van der Waals surface area contributed by atoms with Gasteiger partial charge in [0.05, 0.1) is 13.2 Å². The highest BCUT2D eigenvalue weighted by molar-refractivity contribution is 6.01. The third-order valence-corrected chi connectivity index (χ3v) is 5.51. The van der Waals surface area contributed by atoms with Crippen molar-refractivity contribution in [2.75, 3.05) is 27.3 Å². The molecule has 2 N–H and O–H groups in total. The number of rotatable bonds is 6. The van der Waals surface area contributed by atoms with E-state index in [1.165, 1.54) is 15.6 Å². The molecule has 0 spiro atoms. The summed E-state index contributed by atoms with van der Waals surface area (Å²) in [6.07, 6.45) is 4.17. The molecule has 1 saturated carbocycles. The van der Waals surface area contributed by atoms with E-state index in [1.54, 1.807) is 21.1 Å². The zero-order valence-corrected chi connectivity index (χ0v) is 16.1. The van der Waals surface area contributed by atoms with Crippen molar-refractivity contribution in [3.63, 3.8) is 0 Å². The highest BCUT2D eigenvalue weighted by Crippen LogP contribution is 2.27. The average molecular weight is 377 g/mol. The molecular formula is C18H27N5O4. The average Bonchev–Trinajstić information content (AvgIpc) is 3.29. The summed E-state index contributed by atoms with van der Waals surface area (Å²) in [5.41, 5.74) is -0.591. The van der Waals surface area contributed by atoms with Gasteiger partial charge in [-0.25, -0.2) is 0 Å². The number of ether oxygens (including phenoxy) is 1. The Labute approximate surface area is 158 Å². The number of fused-ring (bicyclic) bond motifs is 1. The highest BCUT2D eigenvalue weighted by Gasteiger charge is 2.46. The van der Waals surface area contributed by atoms with E-state index >= 15 is 0 Å². The zero-order chi connectivity index (χ0) is 19.6. The van der Waals surface area contributed by atoms with Crippen LogP contribution in [0.5, 0.6) is 0 Å². The van der Waals surface area contributed by atoms with Crippen LogP contribution in [0, 0.1) is 0 Å². The van der Waals surface area contributed by atoms with Crippen molar-refractivity contribution in [3.8, 4) is 0 Å². The second kappa shape index (κ2) is 7.67. The van der Waals surface area contributed by atoms with E-state index < -0.39 is 5.54 Å². The van der Waals surface area contributed by atoms with Gasteiger partial charge < -0.3 is 20.3 Å². The van der Waals surface area contributed by atoms with Crippen LogP contribution in [0.25, 0.3) is 0 Å². The van der Waals surface area contributed by atoms with Gasteiger partial charge >= 0.3 is 0 Å². The van der Waals surface area contributed by atoms with E-state index in [0.717, 1.165) is 25.7 Å². The molecule has 2 heterocycles. The first kappa shape index (κ1) is 19.3. The first-order valence-electron chi connectivity index (χ1n) is 9.31. The topological polar surface area (TPSA) is 106 Å². The molecule has 2 aliphatic rings. The number of likely N-dealkylation sites (N-methyl/N-ethyl adjacent to an activating group) is 1. The van der Waals surface area contributed by atoms with Crippen molar-refractivity contribution in [1.82, 2.24) is 25.3 Å². The van der Waals surface area contributed by atoms with Gasteiger partial charge in [0.2, 0.25) is 5.91 Å². The first-order chi connectivity index (χ1) is 12.9. The second-order valence-corrected chi connectivity index (χ2v) is 7.41. The minimum absolute atomic E-state index is 0.156. The number of methoxy groups -OCH3 is 1. The van der Waals surface area contributed by atoms with E-state index in [0.29, 0.717) is 18.8 Å². The van der Waals surface area contributed by atoms with Crippen LogP contribution in [0.4, 0.5) is 0 Å². The summed E-state index contributed by atoms with van der Waals surface area (Å²) in [7, 11) is 3.17. The van der Waals surface area contributed by atoms with Crippen molar-refractivity contribution in [3.05, 3.63) is 17.5 Å². The lowest BCUT2D eigenvalue weighted by atomic mass is 9.95. The molecule has 9 heteroatoms. The predicted molar refractivity (Wildman–Crippen MR) is 97.3 cm³/mol. The van der Waals surface area contributed by atoms with Crippen LogP contribution < -0.4 is 10.6 Å². The van der Waals surface area contributed by atoms with E-state index in [9.17, 15) is 14.4 Å².